The van der Waals surface area contributed by atoms with Gasteiger partial charge in [0.1, 0.15) is 4.90 Å². The molecule has 96 valence electrons. The second kappa shape index (κ2) is 4.30. The first-order valence-electron chi connectivity index (χ1n) is 5.78. The van der Waals surface area contributed by atoms with E-state index in [0.29, 0.717) is 25.6 Å². The second-order valence-electron chi connectivity index (χ2n) is 4.49. The van der Waals surface area contributed by atoms with E-state index in [4.69, 9.17) is 5.73 Å². The van der Waals surface area contributed by atoms with Crippen LogP contribution < -0.4 is 5.73 Å². The fraction of sp³-hybridized carbons (Fsp3) is 0.700. The fourth-order valence-corrected chi connectivity index (χ4v) is 3.67. The first-order chi connectivity index (χ1) is 7.95. The Balaban J connectivity index is 2.34. The van der Waals surface area contributed by atoms with Crippen LogP contribution in [0.15, 0.2) is 11.1 Å². The summed E-state index contributed by atoms with van der Waals surface area (Å²) in [6.07, 6.45) is 2.41. The van der Waals surface area contributed by atoms with Gasteiger partial charge in [0.15, 0.2) is 5.82 Å². The van der Waals surface area contributed by atoms with Crippen molar-refractivity contribution in [1.82, 2.24) is 14.1 Å². The van der Waals surface area contributed by atoms with Gasteiger partial charge >= 0.3 is 0 Å². The molecule has 0 bridgehead atoms. The fourth-order valence-electron chi connectivity index (χ4n) is 2.03. The third-order valence-electron chi connectivity index (χ3n) is 3.08. The van der Waals surface area contributed by atoms with Crippen LogP contribution >= 0.6 is 0 Å². The van der Waals surface area contributed by atoms with E-state index >= 15 is 0 Å². The summed E-state index contributed by atoms with van der Waals surface area (Å²) in [7, 11) is -3.47. The molecule has 1 saturated heterocycles. The smallest absolute Gasteiger partial charge is 0.248 e. The molecular weight excluding hydrogens is 240 g/mol. The molecule has 2 N–H and O–H groups in total. The zero-order chi connectivity index (χ0) is 12.6. The van der Waals surface area contributed by atoms with E-state index in [-0.39, 0.29) is 10.7 Å². The number of nitrogen functional groups attached to an aromatic ring is 1. The Morgan fingerprint density at radius 2 is 2.29 bits per heavy atom. The number of anilines is 1. The minimum absolute atomic E-state index is 0.0893. The number of aromatic nitrogens is 2. The number of hydrogen-bond acceptors (Lipinski definition) is 4. The summed E-state index contributed by atoms with van der Waals surface area (Å²) in [5.74, 6) is 0.499. The SMILES string of the molecule is CCn1cc(S(=O)(=O)N2CCC(C)C2)c(N)n1. The predicted molar refractivity (Wildman–Crippen MR) is 64.9 cm³/mol. The highest BCUT2D eigenvalue weighted by Crippen LogP contribution is 2.26. The monoisotopic (exact) mass is 258 g/mol. The van der Waals surface area contributed by atoms with Crippen LogP contribution in [0, 0.1) is 5.92 Å². The van der Waals surface area contributed by atoms with Crippen molar-refractivity contribution >= 4 is 15.8 Å². The van der Waals surface area contributed by atoms with Crippen LogP contribution in [0.3, 0.4) is 0 Å². The van der Waals surface area contributed by atoms with Crippen molar-refractivity contribution in [2.45, 2.75) is 31.7 Å². The van der Waals surface area contributed by atoms with Gasteiger partial charge in [0.2, 0.25) is 10.0 Å². The molecule has 6 nitrogen and oxygen atoms in total. The minimum atomic E-state index is -3.47. The first kappa shape index (κ1) is 12.4. The van der Waals surface area contributed by atoms with Crippen molar-refractivity contribution in [2.75, 3.05) is 18.8 Å². The normalized spacial score (nSPS) is 22.1. The summed E-state index contributed by atoms with van der Waals surface area (Å²) in [5.41, 5.74) is 5.67. The van der Waals surface area contributed by atoms with Gasteiger partial charge in [0, 0.05) is 25.8 Å². The van der Waals surface area contributed by atoms with Crippen molar-refractivity contribution in [3.63, 3.8) is 0 Å². The third kappa shape index (κ3) is 2.16. The summed E-state index contributed by atoms with van der Waals surface area (Å²) in [6, 6.07) is 0. The Morgan fingerprint density at radius 3 is 2.76 bits per heavy atom. The average molecular weight is 258 g/mol. The molecule has 1 aliphatic rings. The van der Waals surface area contributed by atoms with Crippen LogP contribution in [0.4, 0.5) is 5.82 Å². The van der Waals surface area contributed by atoms with Crippen LogP contribution in [0.5, 0.6) is 0 Å². The number of nitrogens with two attached hydrogens (primary N) is 1. The number of hydrogen-bond donors (Lipinski definition) is 1. The van der Waals surface area contributed by atoms with E-state index in [0.717, 1.165) is 6.42 Å². The van der Waals surface area contributed by atoms with Crippen molar-refractivity contribution in [2.24, 2.45) is 5.92 Å². The molecule has 0 spiro atoms. The molecule has 1 aromatic rings. The maximum Gasteiger partial charge on any atom is 0.248 e. The number of rotatable bonds is 3. The molecule has 1 aliphatic heterocycles. The summed E-state index contributed by atoms with van der Waals surface area (Å²) >= 11 is 0. The largest absolute Gasteiger partial charge is 0.381 e. The van der Waals surface area contributed by atoms with Gasteiger partial charge in [-0.25, -0.2) is 8.42 Å². The molecule has 2 rings (SSSR count). The summed E-state index contributed by atoms with van der Waals surface area (Å²) < 4.78 is 27.7. The minimum Gasteiger partial charge on any atom is -0.381 e. The number of nitrogens with zero attached hydrogens (tertiary/aromatic N) is 3. The highest BCUT2D eigenvalue weighted by molar-refractivity contribution is 7.89. The Morgan fingerprint density at radius 1 is 1.59 bits per heavy atom. The quantitative estimate of drug-likeness (QED) is 0.856. The zero-order valence-corrected chi connectivity index (χ0v) is 10.9. The van der Waals surface area contributed by atoms with Crippen molar-refractivity contribution in [3.8, 4) is 0 Å². The standard InChI is InChI=1S/C10H18N4O2S/c1-3-13-7-9(10(11)12-13)17(15,16)14-5-4-8(2)6-14/h7-8H,3-6H2,1-2H3,(H2,11,12). The highest BCUT2D eigenvalue weighted by atomic mass is 32.2. The summed E-state index contributed by atoms with van der Waals surface area (Å²) in [5, 5.41) is 3.97. The van der Waals surface area contributed by atoms with E-state index in [1.54, 1.807) is 4.68 Å². The van der Waals surface area contributed by atoms with E-state index in [2.05, 4.69) is 5.10 Å². The maximum absolute atomic E-state index is 12.3. The van der Waals surface area contributed by atoms with Crippen LogP contribution in [0.25, 0.3) is 0 Å². The van der Waals surface area contributed by atoms with Crippen molar-refractivity contribution < 1.29 is 8.42 Å². The topological polar surface area (TPSA) is 81.2 Å². The van der Waals surface area contributed by atoms with E-state index in [1.807, 2.05) is 13.8 Å². The molecule has 1 fully saturated rings. The lowest BCUT2D eigenvalue weighted by Crippen LogP contribution is -2.29. The molecule has 17 heavy (non-hydrogen) atoms. The highest BCUT2D eigenvalue weighted by Gasteiger charge is 2.33. The summed E-state index contributed by atoms with van der Waals surface area (Å²) in [4.78, 5) is 0.133. The molecule has 0 radical (unpaired) electrons. The van der Waals surface area contributed by atoms with Gasteiger partial charge < -0.3 is 5.73 Å². The van der Waals surface area contributed by atoms with Crippen LogP contribution in [0.1, 0.15) is 20.3 Å². The Bertz CT molecular complexity index is 508. The predicted octanol–water partition coefficient (Wildman–Crippen LogP) is 0.516. The lowest BCUT2D eigenvalue weighted by Gasteiger charge is -2.14. The maximum atomic E-state index is 12.3. The Kier molecular flexibility index (Phi) is 3.13. The molecule has 1 atom stereocenters. The molecule has 0 saturated carbocycles. The van der Waals surface area contributed by atoms with Crippen molar-refractivity contribution in [1.29, 1.82) is 0 Å². The molecule has 1 unspecified atom stereocenters. The van der Waals surface area contributed by atoms with Crippen LogP contribution in [-0.4, -0.2) is 35.6 Å². The Hall–Kier alpha value is -1.08. The second-order valence-corrected chi connectivity index (χ2v) is 6.40. The summed E-state index contributed by atoms with van der Waals surface area (Å²) in [6.45, 7) is 5.69. The molecule has 2 heterocycles. The average Bonchev–Trinajstić information content (AvgIpc) is 2.85. The lowest BCUT2D eigenvalue weighted by molar-refractivity contribution is 0.464. The van der Waals surface area contributed by atoms with Crippen molar-refractivity contribution in [3.05, 3.63) is 6.20 Å². The van der Waals surface area contributed by atoms with Crippen LogP contribution in [-0.2, 0) is 16.6 Å². The van der Waals surface area contributed by atoms with Gasteiger partial charge in [-0.1, -0.05) is 6.92 Å². The van der Waals surface area contributed by atoms with Crippen LogP contribution in [0.2, 0.25) is 0 Å². The van der Waals surface area contributed by atoms with Gasteiger partial charge in [-0.3, -0.25) is 4.68 Å². The van der Waals surface area contributed by atoms with Gasteiger partial charge in [-0.2, -0.15) is 9.40 Å². The third-order valence-corrected chi connectivity index (χ3v) is 4.97. The number of aryl methyl sites for hydroxylation is 1. The van der Waals surface area contributed by atoms with Gasteiger partial charge in [0.25, 0.3) is 0 Å². The molecule has 1 aromatic heterocycles. The van der Waals surface area contributed by atoms with E-state index in [9.17, 15) is 8.42 Å². The van der Waals surface area contributed by atoms with Gasteiger partial charge in [-0.05, 0) is 19.3 Å². The molecular formula is C10H18N4O2S. The van der Waals surface area contributed by atoms with E-state index in [1.165, 1.54) is 10.5 Å². The zero-order valence-electron chi connectivity index (χ0n) is 10.1. The molecule has 0 aromatic carbocycles. The lowest BCUT2D eigenvalue weighted by atomic mass is 10.2. The number of sulfonamides is 1. The molecule has 7 heteroatoms. The van der Waals surface area contributed by atoms with Gasteiger partial charge in [0.05, 0.1) is 0 Å². The molecule has 0 aliphatic carbocycles. The van der Waals surface area contributed by atoms with E-state index < -0.39 is 10.0 Å². The first-order valence-corrected chi connectivity index (χ1v) is 7.22. The Labute approximate surface area is 101 Å². The molecule has 0 amide bonds. The van der Waals surface area contributed by atoms with Gasteiger partial charge in [-0.15, -0.1) is 0 Å².